The van der Waals surface area contributed by atoms with E-state index in [0.717, 1.165) is 21.8 Å². The van der Waals surface area contributed by atoms with Crippen molar-refractivity contribution in [2.75, 3.05) is 11.9 Å². The van der Waals surface area contributed by atoms with Crippen LogP contribution in [0.4, 0.5) is 5.69 Å². The highest BCUT2D eigenvalue weighted by Crippen LogP contribution is 2.29. The van der Waals surface area contributed by atoms with Crippen LogP contribution in [0.3, 0.4) is 0 Å². The van der Waals surface area contributed by atoms with Crippen LogP contribution in [0.5, 0.6) is 0 Å². The smallest absolute Gasteiger partial charge is 0.0696 e. The summed E-state index contributed by atoms with van der Waals surface area (Å²) in [6.07, 6.45) is 0. The predicted molar refractivity (Wildman–Crippen MR) is 85.6 cm³/mol. The lowest BCUT2D eigenvalue weighted by molar-refractivity contribution is 0.282. The van der Waals surface area contributed by atoms with Crippen molar-refractivity contribution >= 4 is 28.9 Å². The Morgan fingerprint density at radius 2 is 1.90 bits per heavy atom. The molecule has 0 aliphatic rings. The van der Waals surface area contributed by atoms with Gasteiger partial charge < -0.3 is 10.0 Å². The van der Waals surface area contributed by atoms with Crippen molar-refractivity contribution in [2.45, 2.75) is 19.6 Å². The SMILES string of the molecule is CC(c1cccc(Cl)c1)N(C)c1ccc(CO)c(Cl)c1. The first kappa shape index (κ1) is 15.2. The predicted octanol–water partition coefficient (Wildman–Crippen LogP) is 4.68. The van der Waals surface area contributed by atoms with Crippen LogP contribution < -0.4 is 4.90 Å². The molecule has 0 aliphatic heterocycles. The number of aliphatic hydroxyl groups excluding tert-OH is 1. The Morgan fingerprint density at radius 1 is 1.15 bits per heavy atom. The lowest BCUT2D eigenvalue weighted by Gasteiger charge is -2.28. The summed E-state index contributed by atoms with van der Waals surface area (Å²) in [5, 5.41) is 10.5. The molecular formula is C16H17Cl2NO. The molecule has 106 valence electrons. The molecule has 0 saturated carbocycles. The Labute approximate surface area is 129 Å². The van der Waals surface area contributed by atoms with Crippen molar-refractivity contribution in [2.24, 2.45) is 0 Å². The summed E-state index contributed by atoms with van der Waals surface area (Å²) in [5.74, 6) is 0. The zero-order chi connectivity index (χ0) is 14.7. The van der Waals surface area contributed by atoms with Crippen LogP contribution in [0, 0.1) is 0 Å². The number of nitrogens with zero attached hydrogens (tertiary/aromatic N) is 1. The monoisotopic (exact) mass is 309 g/mol. The third kappa shape index (κ3) is 3.26. The molecule has 2 nitrogen and oxygen atoms in total. The molecule has 20 heavy (non-hydrogen) atoms. The minimum absolute atomic E-state index is 0.0489. The van der Waals surface area contributed by atoms with Crippen LogP contribution >= 0.6 is 23.2 Å². The molecule has 2 aromatic carbocycles. The van der Waals surface area contributed by atoms with Gasteiger partial charge in [-0.2, -0.15) is 0 Å². The van der Waals surface area contributed by atoms with E-state index in [4.69, 9.17) is 28.3 Å². The molecular weight excluding hydrogens is 293 g/mol. The van der Waals surface area contributed by atoms with Crippen LogP contribution in [0.1, 0.15) is 24.1 Å². The highest BCUT2D eigenvalue weighted by atomic mass is 35.5. The quantitative estimate of drug-likeness (QED) is 0.886. The minimum atomic E-state index is -0.0489. The van der Waals surface area contributed by atoms with E-state index in [2.05, 4.69) is 17.9 Å². The third-order valence-corrected chi connectivity index (χ3v) is 4.11. The highest BCUT2D eigenvalue weighted by molar-refractivity contribution is 6.31. The molecule has 1 unspecified atom stereocenters. The van der Waals surface area contributed by atoms with Gasteiger partial charge in [0.05, 0.1) is 12.6 Å². The van der Waals surface area contributed by atoms with Gasteiger partial charge in [-0.15, -0.1) is 0 Å². The lowest BCUT2D eigenvalue weighted by atomic mass is 10.1. The maximum absolute atomic E-state index is 9.15. The zero-order valence-electron chi connectivity index (χ0n) is 11.5. The molecule has 0 fully saturated rings. The molecule has 4 heteroatoms. The fourth-order valence-corrected chi connectivity index (χ4v) is 2.53. The Morgan fingerprint density at radius 3 is 2.50 bits per heavy atom. The largest absolute Gasteiger partial charge is 0.392 e. The van der Waals surface area contributed by atoms with Crippen molar-refractivity contribution in [1.29, 1.82) is 0 Å². The summed E-state index contributed by atoms with van der Waals surface area (Å²) in [6.45, 7) is 2.06. The van der Waals surface area contributed by atoms with Crippen LogP contribution in [0.2, 0.25) is 10.0 Å². The Kier molecular flexibility index (Phi) is 4.92. The molecule has 2 aromatic rings. The van der Waals surface area contributed by atoms with Gasteiger partial charge in [0.15, 0.2) is 0 Å². The van der Waals surface area contributed by atoms with Crippen LogP contribution in [0.25, 0.3) is 0 Å². The Bertz CT molecular complexity index is 601. The van der Waals surface area contributed by atoms with Gasteiger partial charge in [0.25, 0.3) is 0 Å². The summed E-state index contributed by atoms with van der Waals surface area (Å²) in [6, 6.07) is 13.7. The van der Waals surface area contributed by atoms with Gasteiger partial charge in [-0.3, -0.25) is 0 Å². The molecule has 0 radical (unpaired) electrons. The first-order valence-electron chi connectivity index (χ1n) is 6.40. The number of aliphatic hydroxyl groups is 1. The summed E-state index contributed by atoms with van der Waals surface area (Å²) in [5.41, 5.74) is 2.88. The van der Waals surface area contributed by atoms with Gasteiger partial charge in [0.1, 0.15) is 0 Å². The van der Waals surface area contributed by atoms with E-state index in [1.807, 2.05) is 43.4 Å². The van der Waals surface area contributed by atoms with E-state index in [0.29, 0.717) is 5.02 Å². The molecule has 0 amide bonds. The Hall–Kier alpha value is -1.22. The molecule has 0 heterocycles. The van der Waals surface area contributed by atoms with Crippen molar-refractivity contribution in [1.82, 2.24) is 0 Å². The maximum atomic E-state index is 9.15. The van der Waals surface area contributed by atoms with E-state index in [1.54, 1.807) is 0 Å². The molecule has 1 N–H and O–H groups in total. The van der Waals surface area contributed by atoms with E-state index >= 15 is 0 Å². The van der Waals surface area contributed by atoms with Gasteiger partial charge >= 0.3 is 0 Å². The molecule has 1 atom stereocenters. The average molecular weight is 310 g/mol. The van der Waals surface area contributed by atoms with Gasteiger partial charge in [-0.1, -0.05) is 41.4 Å². The number of hydrogen-bond donors (Lipinski definition) is 1. The molecule has 0 saturated heterocycles. The fraction of sp³-hybridized carbons (Fsp3) is 0.250. The Balaban J connectivity index is 2.26. The molecule has 2 rings (SSSR count). The summed E-state index contributed by atoms with van der Waals surface area (Å²) >= 11 is 12.2. The van der Waals surface area contributed by atoms with Crippen LogP contribution in [0.15, 0.2) is 42.5 Å². The lowest BCUT2D eigenvalue weighted by Crippen LogP contribution is -2.21. The van der Waals surface area contributed by atoms with E-state index in [9.17, 15) is 0 Å². The first-order valence-corrected chi connectivity index (χ1v) is 7.16. The maximum Gasteiger partial charge on any atom is 0.0696 e. The van der Waals surface area contributed by atoms with Crippen LogP contribution in [-0.4, -0.2) is 12.2 Å². The van der Waals surface area contributed by atoms with Gasteiger partial charge in [0, 0.05) is 22.8 Å². The van der Waals surface area contributed by atoms with E-state index < -0.39 is 0 Å². The highest BCUT2D eigenvalue weighted by Gasteiger charge is 2.13. The fourth-order valence-electron chi connectivity index (χ4n) is 2.10. The average Bonchev–Trinajstić information content (AvgIpc) is 2.45. The summed E-state index contributed by atoms with van der Waals surface area (Å²) in [4.78, 5) is 2.12. The van der Waals surface area contributed by atoms with Gasteiger partial charge in [-0.25, -0.2) is 0 Å². The third-order valence-electron chi connectivity index (χ3n) is 3.53. The molecule has 0 aliphatic carbocycles. The van der Waals surface area contributed by atoms with E-state index in [-0.39, 0.29) is 12.6 Å². The van der Waals surface area contributed by atoms with Crippen LogP contribution in [-0.2, 0) is 6.61 Å². The second-order valence-electron chi connectivity index (χ2n) is 4.78. The summed E-state index contributed by atoms with van der Waals surface area (Å²) in [7, 11) is 2.01. The van der Waals surface area contributed by atoms with Crippen molar-refractivity contribution in [3.63, 3.8) is 0 Å². The topological polar surface area (TPSA) is 23.5 Å². The standard InChI is InChI=1S/C16H17Cl2NO/c1-11(12-4-3-5-14(17)8-12)19(2)15-7-6-13(10-20)16(18)9-15/h3-9,11,20H,10H2,1-2H3. The summed E-state index contributed by atoms with van der Waals surface area (Å²) < 4.78 is 0. The number of rotatable bonds is 4. The number of anilines is 1. The van der Waals surface area contributed by atoms with Crippen molar-refractivity contribution < 1.29 is 5.11 Å². The number of halogens is 2. The molecule has 0 aromatic heterocycles. The second-order valence-corrected chi connectivity index (χ2v) is 5.62. The van der Waals surface area contributed by atoms with Crippen molar-refractivity contribution in [3.8, 4) is 0 Å². The molecule has 0 spiro atoms. The normalized spacial score (nSPS) is 12.2. The molecule has 0 bridgehead atoms. The van der Waals surface area contributed by atoms with Gasteiger partial charge in [0.2, 0.25) is 0 Å². The zero-order valence-corrected chi connectivity index (χ0v) is 13.0. The first-order chi connectivity index (χ1) is 9.52. The van der Waals surface area contributed by atoms with E-state index in [1.165, 1.54) is 0 Å². The minimum Gasteiger partial charge on any atom is -0.392 e. The number of benzene rings is 2. The van der Waals surface area contributed by atoms with Crippen molar-refractivity contribution in [3.05, 3.63) is 63.6 Å². The number of hydrogen-bond acceptors (Lipinski definition) is 2. The van der Waals surface area contributed by atoms with Gasteiger partial charge in [-0.05, 0) is 42.3 Å². The second kappa shape index (κ2) is 6.49.